The summed E-state index contributed by atoms with van der Waals surface area (Å²) in [6, 6.07) is 3.76. The lowest BCUT2D eigenvalue weighted by Crippen LogP contribution is -2.63. The van der Waals surface area contributed by atoms with Crippen LogP contribution in [-0.4, -0.2) is 61.8 Å². The fourth-order valence-electron chi connectivity index (χ4n) is 3.16. The first-order valence-corrected chi connectivity index (χ1v) is 9.77. The molecule has 0 spiro atoms. The summed E-state index contributed by atoms with van der Waals surface area (Å²) in [6.45, 7) is 3.23. The standard InChI is InChI=1S/C20H24F2N4O6/c1-19(2,3)32-16(29)15(28)20(4)17(30)24(9-10-31-20)13-7-8-26(23-13)12-5-6-14(27)25(11-12)18(21)22/h5-8,11,15,18,28H,9-10H2,1-4H3. The number of nitrogens with zero attached hydrogens (tertiary/aromatic N) is 4. The fourth-order valence-corrected chi connectivity index (χ4v) is 3.16. The number of pyridine rings is 1. The lowest BCUT2D eigenvalue weighted by atomic mass is 9.95. The largest absolute Gasteiger partial charge is 0.458 e. The Balaban J connectivity index is 1.86. The Labute approximate surface area is 181 Å². The molecule has 3 rings (SSSR count). The lowest BCUT2D eigenvalue weighted by Gasteiger charge is -2.40. The van der Waals surface area contributed by atoms with E-state index in [0.717, 1.165) is 12.3 Å². The molecule has 1 amide bonds. The molecule has 32 heavy (non-hydrogen) atoms. The summed E-state index contributed by atoms with van der Waals surface area (Å²) in [7, 11) is 0. The lowest BCUT2D eigenvalue weighted by molar-refractivity contribution is -0.191. The molecule has 1 saturated heterocycles. The third-order valence-electron chi connectivity index (χ3n) is 4.79. The van der Waals surface area contributed by atoms with Crippen molar-refractivity contribution < 1.29 is 33.0 Å². The SMILES string of the molecule is CC(C)(C)OC(=O)C(O)C1(C)OCCN(c2ccn(-c3ccc(=O)n(C(F)F)c3)n2)C1=O. The average Bonchev–Trinajstić information content (AvgIpc) is 3.18. The summed E-state index contributed by atoms with van der Waals surface area (Å²) in [4.78, 5) is 38.2. The highest BCUT2D eigenvalue weighted by molar-refractivity contribution is 6.02. The second-order valence-electron chi connectivity index (χ2n) is 8.38. The van der Waals surface area contributed by atoms with Gasteiger partial charge in [0.2, 0.25) is 0 Å². The zero-order chi connectivity index (χ0) is 23.8. The number of carbonyl (C=O) groups is 2. The number of amides is 1. The molecule has 1 fully saturated rings. The number of anilines is 1. The molecule has 0 radical (unpaired) electrons. The molecule has 2 unspecified atom stereocenters. The molecule has 1 N–H and O–H groups in total. The number of ether oxygens (including phenoxy) is 2. The first kappa shape index (κ1) is 23.5. The molecule has 0 saturated carbocycles. The zero-order valence-corrected chi connectivity index (χ0v) is 18.0. The van der Waals surface area contributed by atoms with Crippen molar-refractivity contribution in [3.05, 3.63) is 40.9 Å². The molecule has 2 atom stereocenters. The summed E-state index contributed by atoms with van der Waals surface area (Å²) in [6.07, 6.45) is 0.491. The average molecular weight is 454 g/mol. The highest BCUT2D eigenvalue weighted by atomic mass is 19.3. The van der Waals surface area contributed by atoms with E-state index in [-0.39, 0.29) is 29.2 Å². The van der Waals surface area contributed by atoms with Crippen molar-refractivity contribution in [2.24, 2.45) is 0 Å². The van der Waals surface area contributed by atoms with E-state index in [4.69, 9.17) is 9.47 Å². The molecule has 12 heteroatoms. The summed E-state index contributed by atoms with van der Waals surface area (Å²) in [5, 5.41) is 14.7. The van der Waals surface area contributed by atoms with Crippen LogP contribution in [0.2, 0.25) is 0 Å². The van der Waals surface area contributed by atoms with Crippen molar-refractivity contribution in [2.75, 3.05) is 18.1 Å². The molecule has 1 aliphatic rings. The number of morpholine rings is 1. The van der Waals surface area contributed by atoms with Gasteiger partial charge in [0.05, 0.1) is 18.8 Å². The van der Waals surface area contributed by atoms with Crippen LogP contribution in [-0.2, 0) is 19.1 Å². The molecule has 10 nitrogen and oxygen atoms in total. The van der Waals surface area contributed by atoms with Crippen LogP contribution < -0.4 is 10.5 Å². The van der Waals surface area contributed by atoms with Crippen molar-refractivity contribution in [3.8, 4) is 5.69 Å². The molecule has 174 valence electrons. The van der Waals surface area contributed by atoms with Gasteiger partial charge in [-0.2, -0.15) is 8.78 Å². The van der Waals surface area contributed by atoms with Gasteiger partial charge in [-0.25, -0.2) is 9.48 Å². The molecule has 0 aromatic carbocycles. The number of aliphatic hydroxyl groups excluding tert-OH is 1. The van der Waals surface area contributed by atoms with E-state index in [1.54, 1.807) is 20.8 Å². The summed E-state index contributed by atoms with van der Waals surface area (Å²) in [5.74, 6) is -1.57. The summed E-state index contributed by atoms with van der Waals surface area (Å²) in [5.41, 5.74) is -3.48. The molecule has 3 heterocycles. The van der Waals surface area contributed by atoms with Crippen molar-refractivity contribution in [1.82, 2.24) is 14.3 Å². The molecular formula is C20H24F2N4O6. The normalized spacial score (nSPS) is 20.5. The van der Waals surface area contributed by atoms with Gasteiger partial charge in [0, 0.05) is 24.5 Å². The van der Waals surface area contributed by atoms with Crippen molar-refractivity contribution >= 4 is 17.7 Å². The van der Waals surface area contributed by atoms with Gasteiger partial charge in [-0.1, -0.05) is 0 Å². The number of esters is 1. The maximum absolute atomic E-state index is 13.1. The molecule has 1 aliphatic heterocycles. The Bertz CT molecular complexity index is 1080. The number of rotatable bonds is 5. The number of carbonyl (C=O) groups excluding carboxylic acids is 2. The second-order valence-corrected chi connectivity index (χ2v) is 8.38. The van der Waals surface area contributed by atoms with Gasteiger partial charge in [0.15, 0.2) is 17.5 Å². The monoisotopic (exact) mass is 454 g/mol. The van der Waals surface area contributed by atoms with Crippen LogP contribution in [0.4, 0.5) is 14.6 Å². The minimum atomic E-state index is -3.02. The molecule has 2 aromatic heterocycles. The van der Waals surface area contributed by atoms with E-state index in [9.17, 15) is 28.3 Å². The van der Waals surface area contributed by atoms with Gasteiger partial charge in [-0.3, -0.25) is 19.1 Å². The van der Waals surface area contributed by atoms with Crippen LogP contribution in [0.3, 0.4) is 0 Å². The van der Waals surface area contributed by atoms with Gasteiger partial charge >= 0.3 is 12.5 Å². The number of halogens is 2. The van der Waals surface area contributed by atoms with Crippen LogP contribution in [0.1, 0.15) is 34.2 Å². The van der Waals surface area contributed by atoms with Crippen molar-refractivity contribution in [3.63, 3.8) is 0 Å². The van der Waals surface area contributed by atoms with E-state index < -0.39 is 41.3 Å². The van der Waals surface area contributed by atoms with Gasteiger partial charge in [0.25, 0.3) is 11.5 Å². The first-order valence-electron chi connectivity index (χ1n) is 9.77. The molecule has 0 aliphatic carbocycles. The third kappa shape index (κ3) is 4.55. The quantitative estimate of drug-likeness (QED) is 0.676. The number of hydrogen-bond acceptors (Lipinski definition) is 7. The van der Waals surface area contributed by atoms with Gasteiger partial charge < -0.3 is 14.6 Å². The Kier molecular flexibility index (Phi) is 6.20. The number of alkyl halides is 2. The van der Waals surface area contributed by atoms with Crippen LogP contribution in [0.5, 0.6) is 0 Å². The van der Waals surface area contributed by atoms with Crippen LogP contribution in [0.25, 0.3) is 5.69 Å². The van der Waals surface area contributed by atoms with E-state index in [1.807, 2.05) is 0 Å². The zero-order valence-electron chi connectivity index (χ0n) is 18.0. The van der Waals surface area contributed by atoms with Crippen LogP contribution in [0, 0.1) is 0 Å². The van der Waals surface area contributed by atoms with E-state index in [0.29, 0.717) is 0 Å². The smallest absolute Gasteiger partial charge is 0.339 e. The second kappa shape index (κ2) is 8.43. The van der Waals surface area contributed by atoms with Gasteiger partial charge in [-0.05, 0) is 33.8 Å². The number of aromatic nitrogens is 3. The maximum Gasteiger partial charge on any atom is 0.339 e. The van der Waals surface area contributed by atoms with Gasteiger partial charge in [0.1, 0.15) is 5.60 Å². The summed E-state index contributed by atoms with van der Waals surface area (Å²) >= 11 is 0. The van der Waals surface area contributed by atoms with Crippen LogP contribution >= 0.6 is 0 Å². The van der Waals surface area contributed by atoms with E-state index in [2.05, 4.69) is 5.10 Å². The molecule has 2 aromatic rings. The van der Waals surface area contributed by atoms with E-state index in [1.165, 1.54) is 34.8 Å². The Morgan fingerprint density at radius 2 is 1.97 bits per heavy atom. The topological polar surface area (TPSA) is 116 Å². The summed E-state index contributed by atoms with van der Waals surface area (Å²) < 4.78 is 38.1. The van der Waals surface area contributed by atoms with E-state index >= 15 is 0 Å². The number of hydrogen-bond donors (Lipinski definition) is 1. The minimum Gasteiger partial charge on any atom is -0.458 e. The molecular weight excluding hydrogens is 430 g/mol. The molecule has 0 bridgehead atoms. The minimum absolute atomic E-state index is 0.00518. The first-order chi connectivity index (χ1) is 14.8. The van der Waals surface area contributed by atoms with Crippen molar-refractivity contribution in [1.29, 1.82) is 0 Å². The predicted octanol–water partition coefficient (Wildman–Crippen LogP) is 1.25. The predicted molar refractivity (Wildman–Crippen MR) is 108 cm³/mol. The van der Waals surface area contributed by atoms with Crippen LogP contribution in [0.15, 0.2) is 35.4 Å². The highest BCUT2D eigenvalue weighted by Gasteiger charge is 2.52. The van der Waals surface area contributed by atoms with Gasteiger partial charge in [-0.15, -0.1) is 5.10 Å². The Morgan fingerprint density at radius 1 is 1.28 bits per heavy atom. The maximum atomic E-state index is 13.1. The fraction of sp³-hybridized carbons (Fsp3) is 0.500. The number of aliphatic hydroxyl groups is 1. The Morgan fingerprint density at radius 3 is 2.59 bits per heavy atom. The third-order valence-corrected chi connectivity index (χ3v) is 4.79. The van der Waals surface area contributed by atoms with Crippen molar-refractivity contribution in [2.45, 2.75) is 51.6 Å². The Hall–Kier alpha value is -3.12. The highest BCUT2D eigenvalue weighted by Crippen LogP contribution is 2.28.